The van der Waals surface area contributed by atoms with Gasteiger partial charge < -0.3 is 19.6 Å². The number of carboxylic acid groups (broad SMARTS) is 1. The van der Waals surface area contributed by atoms with Gasteiger partial charge in [-0.1, -0.05) is 37.9 Å². The standard InChI is InChI=1S/C35H36ClF6N3O5S/c1-3-7-27-33(50-25-17-28(51-19-25)35(40,41)42,11-6-13-44(27)30(46)29-26(34(37,38)39)8-5-12-43-29)32(49)45-18-21-9-10-23(36)14-22(21)16-24(45)15-20(4-2)31(47)48/h5,8-10,12,14,17,19-20,24,27H,3-4,6-7,11,13,15-16,18H2,1-2H3,(H,47,48)/t20?,24-,27+,33-/m0/s1. The predicted octanol–water partition coefficient (Wildman–Crippen LogP) is 8.51. The van der Waals surface area contributed by atoms with Crippen molar-refractivity contribution in [2.24, 2.45) is 5.92 Å². The largest absolute Gasteiger partial charge is 0.481 e. The van der Waals surface area contributed by atoms with Crippen molar-refractivity contribution in [2.45, 2.75) is 95.4 Å². The van der Waals surface area contributed by atoms with Gasteiger partial charge in [-0.3, -0.25) is 19.4 Å². The molecule has 2 aliphatic heterocycles. The Morgan fingerprint density at radius 1 is 1.08 bits per heavy atom. The van der Waals surface area contributed by atoms with Crippen LogP contribution in [-0.4, -0.2) is 61.9 Å². The Balaban J connectivity index is 1.66. The van der Waals surface area contributed by atoms with Crippen molar-refractivity contribution in [3.63, 3.8) is 0 Å². The van der Waals surface area contributed by atoms with Gasteiger partial charge in [0.1, 0.15) is 16.3 Å². The highest BCUT2D eigenvalue weighted by molar-refractivity contribution is 7.10. The summed E-state index contributed by atoms with van der Waals surface area (Å²) >= 11 is 6.63. The van der Waals surface area contributed by atoms with Crippen LogP contribution in [0.25, 0.3) is 0 Å². The molecular formula is C35H36ClF6N3O5S. The summed E-state index contributed by atoms with van der Waals surface area (Å²) in [6.45, 7) is 3.34. The Hall–Kier alpha value is -3.85. The van der Waals surface area contributed by atoms with E-state index in [1.54, 1.807) is 32.0 Å². The van der Waals surface area contributed by atoms with E-state index in [0.29, 0.717) is 28.3 Å². The molecular weight excluding hydrogens is 724 g/mol. The Morgan fingerprint density at radius 3 is 2.45 bits per heavy atom. The number of rotatable bonds is 10. The first kappa shape index (κ1) is 38.4. The number of halogens is 7. The van der Waals surface area contributed by atoms with Gasteiger partial charge in [-0.2, -0.15) is 26.3 Å². The summed E-state index contributed by atoms with van der Waals surface area (Å²) in [5, 5.41) is 11.5. The Morgan fingerprint density at radius 2 is 1.82 bits per heavy atom. The van der Waals surface area contributed by atoms with Crippen molar-refractivity contribution in [3.8, 4) is 5.75 Å². The summed E-state index contributed by atoms with van der Waals surface area (Å²) < 4.78 is 89.8. The lowest BCUT2D eigenvalue weighted by atomic mass is 9.78. The van der Waals surface area contributed by atoms with E-state index >= 15 is 4.79 Å². The maximum atomic E-state index is 15.3. The van der Waals surface area contributed by atoms with E-state index in [1.807, 2.05) is 0 Å². The third kappa shape index (κ3) is 7.98. The van der Waals surface area contributed by atoms with E-state index in [0.717, 1.165) is 40.2 Å². The number of piperidine rings is 1. The highest BCUT2D eigenvalue weighted by Gasteiger charge is 2.57. The number of aliphatic carboxylic acids is 1. The number of likely N-dealkylation sites (tertiary alicyclic amines) is 1. The van der Waals surface area contributed by atoms with E-state index in [2.05, 4.69) is 4.98 Å². The molecule has 1 fully saturated rings. The van der Waals surface area contributed by atoms with E-state index in [1.165, 1.54) is 4.90 Å². The normalized spacial score (nSPS) is 21.6. The minimum Gasteiger partial charge on any atom is -0.481 e. The number of hydrogen-bond acceptors (Lipinski definition) is 6. The number of alkyl halides is 6. The molecule has 2 aromatic heterocycles. The molecule has 0 radical (unpaired) electrons. The van der Waals surface area contributed by atoms with Gasteiger partial charge in [0.2, 0.25) is 5.60 Å². The van der Waals surface area contributed by atoms with Gasteiger partial charge in [-0.25, -0.2) is 0 Å². The van der Waals surface area contributed by atoms with Crippen LogP contribution in [0.5, 0.6) is 5.75 Å². The number of hydrogen-bond donors (Lipinski definition) is 1. The lowest BCUT2D eigenvalue weighted by Gasteiger charge is -2.51. The van der Waals surface area contributed by atoms with Gasteiger partial charge in [0.15, 0.2) is 0 Å². The number of benzene rings is 1. The summed E-state index contributed by atoms with van der Waals surface area (Å²) in [4.78, 5) is 47.0. The van der Waals surface area contributed by atoms with Crippen LogP contribution in [0.1, 0.15) is 84.4 Å². The number of nitrogens with zero attached hydrogens (tertiary/aromatic N) is 3. The predicted molar refractivity (Wildman–Crippen MR) is 176 cm³/mol. The number of amides is 2. The van der Waals surface area contributed by atoms with Gasteiger partial charge in [0, 0.05) is 48.2 Å². The van der Waals surface area contributed by atoms with Crippen LogP contribution in [0.3, 0.4) is 0 Å². The van der Waals surface area contributed by atoms with Crippen LogP contribution >= 0.6 is 22.9 Å². The van der Waals surface area contributed by atoms with Crippen LogP contribution in [0.4, 0.5) is 26.3 Å². The molecule has 1 aromatic carbocycles. The topological polar surface area (TPSA) is 100 Å². The quantitative estimate of drug-likeness (QED) is 0.208. The van der Waals surface area contributed by atoms with Crippen LogP contribution in [0.2, 0.25) is 5.02 Å². The zero-order valence-corrected chi connectivity index (χ0v) is 29.3. The van der Waals surface area contributed by atoms with Crippen molar-refractivity contribution in [1.82, 2.24) is 14.8 Å². The van der Waals surface area contributed by atoms with E-state index in [9.17, 15) is 41.0 Å². The minimum absolute atomic E-state index is 0.0279. The fraction of sp³-hybridized carbons (Fsp3) is 0.486. The summed E-state index contributed by atoms with van der Waals surface area (Å²) in [5.74, 6) is -4.02. The number of carboxylic acids is 1. The van der Waals surface area contributed by atoms with Crippen LogP contribution in [0, 0.1) is 5.92 Å². The third-order valence-corrected chi connectivity index (χ3v) is 10.8. The number of fused-ring (bicyclic) bond motifs is 1. The maximum absolute atomic E-state index is 15.3. The zero-order chi connectivity index (χ0) is 37.3. The minimum atomic E-state index is -4.93. The van der Waals surface area contributed by atoms with Crippen molar-refractivity contribution < 1.29 is 50.6 Å². The average Bonchev–Trinajstić information content (AvgIpc) is 3.55. The molecule has 2 amide bonds. The fourth-order valence-electron chi connectivity index (χ4n) is 7.15. The molecule has 1 unspecified atom stereocenters. The third-order valence-electron chi connectivity index (χ3n) is 9.58. The number of carbonyl (C=O) groups is 3. The highest BCUT2D eigenvalue weighted by Crippen LogP contribution is 2.44. The number of thiophene rings is 1. The Labute approximate surface area is 299 Å². The molecule has 4 heterocycles. The first-order valence-corrected chi connectivity index (χ1v) is 17.7. The van der Waals surface area contributed by atoms with Gasteiger partial charge in [0.05, 0.1) is 17.5 Å². The number of ether oxygens (including phenoxy) is 1. The maximum Gasteiger partial charge on any atom is 0.425 e. The molecule has 0 bridgehead atoms. The van der Waals surface area contributed by atoms with Crippen LogP contribution in [-0.2, 0) is 34.9 Å². The first-order valence-electron chi connectivity index (χ1n) is 16.5. The van der Waals surface area contributed by atoms with E-state index in [-0.39, 0.29) is 57.4 Å². The summed E-state index contributed by atoms with van der Waals surface area (Å²) in [6, 6.07) is 5.67. The number of carbonyl (C=O) groups excluding carboxylic acids is 2. The molecule has 4 atom stereocenters. The van der Waals surface area contributed by atoms with Crippen LogP contribution < -0.4 is 4.74 Å². The molecule has 0 aliphatic carbocycles. The zero-order valence-electron chi connectivity index (χ0n) is 27.7. The second-order valence-electron chi connectivity index (χ2n) is 12.8. The monoisotopic (exact) mass is 759 g/mol. The highest BCUT2D eigenvalue weighted by atomic mass is 35.5. The molecule has 276 valence electrons. The van der Waals surface area contributed by atoms with Gasteiger partial charge in [-0.15, -0.1) is 11.3 Å². The Bertz CT molecular complexity index is 1770. The lowest BCUT2D eigenvalue weighted by molar-refractivity contribution is -0.164. The second kappa shape index (κ2) is 15.0. The van der Waals surface area contributed by atoms with Crippen molar-refractivity contribution in [1.29, 1.82) is 0 Å². The van der Waals surface area contributed by atoms with Crippen molar-refractivity contribution in [3.05, 3.63) is 80.3 Å². The molecule has 51 heavy (non-hydrogen) atoms. The van der Waals surface area contributed by atoms with Gasteiger partial charge in [0.25, 0.3) is 11.8 Å². The first-order chi connectivity index (χ1) is 24.0. The lowest BCUT2D eigenvalue weighted by Crippen LogP contribution is -2.69. The van der Waals surface area contributed by atoms with Gasteiger partial charge in [-0.05, 0) is 67.5 Å². The molecule has 5 rings (SSSR count). The summed E-state index contributed by atoms with van der Waals surface area (Å²) in [6.07, 6.45) is -7.78. The molecule has 0 saturated carbocycles. The van der Waals surface area contributed by atoms with Crippen LogP contribution in [0.15, 0.2) is 48.0 Å². The molecule has 1 saturated heterocycles. The number of aromatic nitrogens is 1. The fourth-order valence-corrected chi connectivity index (χ4v) is 8.02. The molecule has 16 heteroatoms. The van der Waals surface area contributed by atoms with E-state index in [4.69, 9.17) is 16.3 Å². The second-order valence-corrected chi connectivity index (χ2v) is 14.2. The Kier molecular flexibility index (Phi) is 11.3. The molecule has 8 nitrogen and oxygen atoms in total. The SMILES string of the molecule is CCC[C@H]1N(C(=O)c2ncccc2C(F)(F)F)CCC[C@@]1(Oc1csc(C(F)(F)F)c1)C(=O)N1Cc2ccc(Cl)cc2C[C@@H]1CC(CC)C(=O)O. The average molecular weight is 760 g/mol. The van der Waals surface area contributed by atoms with Crippen molar-refractivity contribution in [2.75, 3.05) is 6.54 Å². The molecule has 1 N–H and O–H groups in total. The van der Waals surface area contributed by atoms with Crippen molar-refractivity contribution >= 4 is 40.7 Å². The smallest absolute Gasteiger partial charge is 0.425 e. The molecule has 0 spiro atoms. The number of pyridine rings is 1. The summed E-state index contributed by atoms with van der Waals surface area (Å²) in [7, 11) is 0. The molecule has 2 aliphatic rings. The molecule has 3 aromatic rings. The van der Waals surface area contributed by atoms with E-state index < -0.39 is 69.9 Å². The summed E-state index contributed by atoms with van der Waals surface area (Å²) in [5.41, 5.74) is -2.71. The van der Waals surface area contributed by atoms with Gasteiger partial charge >= 0.3 is 18.3 Å².